The van der Waals surface area contributed by atoms with Crippen LogP contribution in [-0.4, -0.2) is 48.4 Å². The Bertz CT molecular complexity index is 808. The molecule has 0 N–H and O–H groups in total. The van der Waals surface area contributed by atoms with Gasteiger partial charge in [-0.2, -0.15) is 0 Å². The van der Waals surface area contributed by atoms with E-state index in [0.29, 0.717) is 24.1 Å². The fourth-order valence-electron chi connectivity index (χ4n) is 3.05. The van der Waals surface area contributed by atoms with Crippen molar-refractivity contribution in [1.29, 1.82) is 0 Å². The molecule has 1 aliphatic rings. The number of ether oxygens (including phenoxy) is 1. The maximum absolute atomic E-state index is 5.66. The van der Waals surface area contributed by atoms with Crippen molar-refractivity contribution in [1.82, 2.24) is 15.1 Å². The van der Waals surface area contributed by atoms with Crippen LogP contribution in [0.4, 0.5) is 5.69 Å². The summed E-state index contributed by atoms with van der Waals surface area (Å²) in [6.45, 7) is 4.90. The van der Waals surface area contributed by atoms with E-state index in [1.165, 1.54) is 11.3 Å². The number of benzene rings is 1. The van der Waals surface area contributed by atoms with Gasteiger partial charge < -0.3 is 18.5 Å². The highest BCUT2D eigenvalue weighted by Crippen LogP contribution is 2.20. The van der Waals surface area contributed by atoms with E-state index in [-0.39, 0.29) is 0 Å². The Labute approximate surface area is 152 Å². The summed E-state index contributed by atoms with van der Waals surface area (Å²) in [6.07, 6.45) is 1.59. The third-order valence-corrected chi connectivity index (χ3v) is 4.37. The Morgan fingerprint density at radius 1 is 1.04 bits per heavy atom. The second kappa shape index (κ2) is 7.72. The molecule has 136 valence electrons. The standard InChI is InChI=1S/C19H22N4O3/c1-22(14-18-20-21-19(26-18)17-3-2-10-25-17)13-15-4-6-16(7-5-15)23-8-11-24-12-9-23/h2-7,10H,8-9,11-14H2,1H3. The van der Waals surface area contributed by atoms with Crippen molar-refractivity contribution in [3.05, 3.63) is 54.1 Å². The second-order valence-corrected chi connectivity index (χ2v) is 6.42. The molecule has 0 saturated carbocycles. The molecule has 0 unspecified atom stereocenters. The zero-order chi connectivity index (χ0) is 17.8. The maximum atomic E-state index is 5.66. The first-order chi connectivity index (χ1) is 12.8. The Balaban J connectivity index is 1.33. The van der Waals surface area contributed by atoms with E-state index in [0.717, 1.165) is 32.8 Å². The average Bonchev–Trinajstić information content (AvgIpc) is 3.35. The number of hydrogen-bond acceptors (Lipinski definition) is 7. The lowest BCUT2D eigenvalue weighted by molar-refractivity contribution is 0.122. The van der Waals surface area contributed by atoms with Gasteiger partial charge in [-0.15, -0.1) is 10.2 Å². The predicted molar refractivity (Wildman–Crippen MR) is 96.6 cm³/mol. The first-order valence-corrected chi connectivity index (χ1v) is 8.74. The number of aromatic nitrogens is 2. The lowest BCUT2D eigenvalue weighted by Crippen LogP contribution is -2.36. The molecule has 1 aliphatic heterocycles. The molecule has 0 atom stereocenters. The average molecular weight is 354 g/mol. The SMILES string of the molecule is CN(Cc1ccc(N2CCOCC2)cc1)Cc1nnc(-c2ccco2)o1. The highest BCUT2D eigenvalue weighted by molar-refractivity contribution is 5.48. The first-order valence-electron chi connectivity index (χ1n) is 8.74. The number of nitrogens with zero attached hydrogens (tertiary/aromatic N) is 4. The van der Waals surface area contributed by atoms with Crippen LogP contribution in [0.25, 0.3) is 11.7 Å². The number of furan rings is 1. The summed E-state index contributed by atoms with van der Waals surface area (Å²) in [4.78, 5) is 4.49. The molecule has 4 rings (SSSR count). The van der Waals surface area contributed by atoms with E-state index in [2.05, 4.69) is 44.3 Å². The number of hydrogen-bond donors (Lipinski definition) is 0. The van der Waals surface area contributed by atoms with Gasteiger partial charge in [-0.25, -0.2) is 0 Å². The molecule has 7 nitrogen and oxygen atoms in total. The third kappa shape index (κ3) is 3.95. The quantitative estimate of drug-likeness (QED) is 0.674. The van der Waals surface area contributed by atoms with Crippen LogP contribution in [0.2, 0.25) is 0 Å². The normalized spacial score (nSPS) is 14.9. The van der Waals surface area contributed by atoms with E-state index in [4.69, 9.17) is 13.6 Å². The van der Waals surface area contributed by atoms with Crippen molar-refractivity contribution >= 4 is 5.69 Å². The van der Waals surface area contributed by atoms with Gasteiger partial charge in [-0.3, -0.25) is 4.90 Å². The molecule has 1 fully saturated rings. The van der Waals surface area contributed by atoms with Gasteiger partial charge in [0, 0.05) is 25.3 Å². The maximum Gasteiger partial charge on any atom is 0.283 e. The summed E-state index contributed by atoms with van der Waals surface area (Å²) in [5, 5.41) is 8.12. The van der Waals surface area contributed by atoms with Crippen LogP contribution in [0.3, 0.4) is 0 Å². The van der Waals surface area contributed by atoms with Crippen LogP contribution < -0.4 is 4.90 Å². The zero-order valence-corrected chi connectivity index (χ0v) is 14.8. The van der Waals surface area contributed by atoms with Crippen molar-refractivity contribution in [3.63, 3.8) is 0 Å². The zero-order valence-electron chi connectivity index (χ0n) is 14.8. The highest BCUT2D eigenvalue weighted by atomic mass is 16.5. The molecular formula is C19H22N4O3. The van der Waals surface area contributed by atoms with Gasteiger partial charge in [-0.1, -0.05) is 12.1 Å². The molecule has 3 aromatic rings. The van der Waals surface area contributed by atoms with E-state index in [9.17, 15) is 0 Å². The summed E-state index contributed by atoms with van der Waals surface area (Å²) < 4.78 is 16.3. The Hall–Kier alpha value is -2.64. The first kappa shape index (κ1) is 16.8. The minimum Gasteiger partial charge on any atom is -0.459 e. The molecule has 0 amide bonds. The van der Waals surface area contributed by atoms with Gasteiger partial charge in [0.1, 0.15) is 0 Å². The molecule has 2 aromatic heterocycles. The van der Waals surface area contributed by atoms with E-state index < -0.39 is 0 Å². The molecule has 1 saturated heterocycles. The molecule has 0 radical (unpaired) electrons. The minimum atomic E-state index is 0.410. The molecular weight excluding hydrogens is 332 g/mol. The Kier molecular flexibility index (Phi) is 4.99. The van der Waals surface area contributed by atoms with Crippen molar-refractivity contribution in [2.45, 2.75) is 13.1 Å². The molecule has 1 aromatic carbocycles. The summed E-state index contributed by atoms with van der Waals surface area (Å²) in [5.41, 5.74) is 2.50. The molecule has 0 spiro atoms. The van der Waals surface area contributed by atoms with E-state index in [1.807, 2.05) is 7.05 Å². The molecule has 0 bridgehead atoms. The monoisotopic (exact) mass is 354 g/mol. The minimum absolute atomic E-state index is 0.410. The van der Waals surface area contributed by atoms with Crippen LogP contribution in [0.5, 0.6) is 0 Å². The lowest BCUT2D eigenvalue weighted by atomic mass is 10.2. The molecule has 26 heavy (non-hydrogen) atoms. The number of anilines is 1. The topological polar surface area (TPSA) is 67.8 Å². The Morgan fingerprint density at radius 2 is 1.85 bits per heavy atom. The largest absolute Gasteiger partial charge is 0.459 e. The number of rotatable bonds is 6. The van der Waals surface area contributed by atoms with Crippen LogP contribution >= 0.6 is 0 Å². The molecule has 7 heteroatoms. The third-order valence-electron chi connectivity index (χ3n) is 4.37. The van der Waals surface area contributed by atoms with Crippen molar-refractivity contribution in [3.8, 4) is 11.7 Å². The number of morpholine rings is 1. The van der Waals surface area contributed by atoms with Gasteiger partial charge >= 0.3 is 0 Å². The van der Waals surface area contributed by atoms with Gasteiger partial charge in [0.25, 0.3) is 5.89 Å². The Morgan fingerprint density at radius 3 is 2.58 bits per heavy atom. The van der Waals surface area contributed by atoms with Crippen LogP contribution in [0.15, 0.2) is 51.5 Å². The fourth-order valence-corrected chi connectivity index (χ4v) is 3.05. The van der Waals surface area contributed by atoms with Gasteiger partial charge in [-0.05, 0) is 36.9 Å². The van der Waals surface area contributed by atoms with Gasteiger partial charge in [0.15, 0.2) is 5.76 Å². The van der Waals surface area contributed by atoms with Gasteiger partial charge in [0.2, 0.25) is 5.89 Å². The highest BCUT2D eigenvalue weighted by Gasteiger charge is 2.13. The van der Waals surface area contributed by atoms with Crippen molar-refractivity contribution < 1.29 is 13.6 Å². The molecule has 3 heterocycles. The van der Waals surface area contributed by atoms with Crippen molar-refractivity contribution in [2.24, 2.45) is 0 Å². The van der Waals surface area contributed by atoms with Crippen LogP contribution in [0, 0.1) is 0 Å². The van der Waals surface area contributed by atoms with Crippen molar-refractivity contribution in [2.75, 3.05) is 38.3 Å². The molecule has 0 aliphatic carbocycles. The van der Waals surface area contributed by atoms with E-state index in [1.54, 1.807) is 18.4 Å². The van der Waals surface area contributed by atoms with Crippen LogP contribution in [0.1, 0.15) is 11.5 Å². The predicted octanol–water partition coefficient (Wildman–Crippen LogP) is 2.80. The fraction of sp³-hybridized carbons (Fsp3) is 0.368. The van der Waals surface area contributed by atoms with Crippen LogP contribution in [-0.2, 0) is 17.8 Å². The van der Waals surface area contributed by atoms with E-state index >= 15 is 0 Å². The summed E-state index contributed by atoms with van der Waals surface area (Å²) in [5.74, 6) is 1.57. The summed E-state index contributed by atoms with van der Waals surface area (Å²) in [6, 6.07) is 12.3. The summed E-state index contributed by atoms with van der Waals surface area (Å²) in [7, 11) is 2.03. The summed E-state index contributed by atoms with van der Waals surface area (Å²) >= 11 is 0. The lowest BCUT2D eigenvalue weighted by Gasteiger charge is -2.29. The second-order valence-electron chi connectivity index (χ2n) is 6.42. The smallest absolute Gasteiger partial charge is 0.283 e. The van der Waals surface area contributed by atoms with Gasteiger partial charge in [0.05, 0.1) is 26.0 Å².